The molecule has 5 heteroatoms. The summed E-state index contributed by atoms with van der Waals surface area (Å²) in [5.41, 5.74) is 16.7. The lowest BCUT2D eigenvalue weighted by Gasteiger charge is -2.28. The standard InChI is InChI=1S/C67H62N4O/c1-42-28-30-43(31-29-42)45-34-35-68-57(38-45)54-37-46(36-53-51-24-17-18-26-58(51)70(62(53)54)49-22-15-12-16-23-49)50-25-19-27-60-61(50)69-64(55-40-48(66(5,6)7)41-56(63(55)72)67(8,9)10)71(60)59-33-32-47(65(2,3)4)39-52(59)44-20-13-11-14-21-44/h11-41,72H,1-10H3/i1D3. The van der Waals surface area contributed by atoms with Gasteiger partial charge in [0.1, 0.15) is 11.6 Å². The first-order valence-corrected chi connectivity index (χ1v) is 25.0. The van der Waals surface area contributed by atoms with E-state index in [1.165, 1.54) is 5.56 Å². The molecule has 11 aromatic rings. The number of para-hydroxylation sites is 3. The van der Waals surface area contributed by atoms with Gasteiger partial charge in [-0.2, -0.15) is 0 Å². The number of aryl methyl sites for hydroxylation is 1. The van der Waals surface area contributed by atoms with Crippen molar-refractivity contribution in [3.8, 4) is 73.2 Å². The molecule has 0 spiro atoms. The molecule has 0 radical (unpaired) electrons. The Hall–Kier alpha value is -8.02. The fourth-order valence-corrected chi connectivity index (χ4v) is 10.3. The van der Waals surface area contributed by atoms with Gasteiger partial charge in [0.15, 0.2) is 0 Å². The second-order valence-corrected chi connectivity index (χ2v) is 22.3. The first-order chi connectivity index (χ1) is 35.6. The third-order valence-corrected chi connectivity index (χ3v) is 14.2. The van der Waals surface area contributed by atoms with E-state index in [0.29, 0.717) is 17.0 Å². The van der Waals surface area contributed by atoms with Gasteiger partial charge in [-0.3, -0.25) is 9.55 Å². The maximum absolute atomic E-state index is 12.7. The molecule has 0 unspecified atom stereocenters. The van der Waals surface area contributed by atoms with Crippen LogP contribution in [0.4, 0.5) is 0 Å². The van der Waals surface area contributed by atoms with E-state index in [1.54, 1.807) is 12.1 Å². The zero-order chi connectivity index (χ0) is 52.8. The highest BCUT2D eigenvalue weighted by atomic mass is 16.3. The average Bonchev–Trinajstić information content (AvgIpc) is 3.94. The highest BCUT2D eigenvalue weighted by molar-refractivity contribution is 6.16. The molecular formula is C67H62N4O. The molecule has 356 valence electrons. The fraction of sp³-hybridized carbons (Fsp3) is 0.194. The fourth-order valence-electron chi connectivity index (χ4n) is 10.3. The van der Waals surface area contributed by atoms with Crippen molar-refractivity contribution in [2.75, 3.05) is 0 Å². The summed E-state index contributed by atoms with van der Waals surface area (Å²) in [6.45, 7) is 17.7. The summed E-state index contributed by atoms with van der Waals surface area (Å²) < 4.78 is 28.6. The number of aromatic nitrogens is 4. The van der Waals surface area contributed by atoms with Crippen molar-refractivity contribution in [3.63, 3.8) is 0 Å². The Kier molecular flexibility index (Phi) is 10.3. The van der Waals surface area contributed by atoms with E-state index < -0.39 is 6.85 Å². The first-order valence-electron chi connectivity index (χ1n) is 26.5. The first kappa shape index (κ1) is 42.8. The quantitative estimate of drug-likeness (QED) is 0.173. The molecule has 3 aromatic heterocycles. The van der Waals surface area contributed by atoms with Crippen molar-refractivity contribution in [1.82, 2.24) is 19.1 Å². The largest absolute Gasteiger partial charge is 0.507 e. The van der Waals surface area contributed by atoms with Gasteiger partial charge in [0, 0.05) is 49.0 Å². The van der Waals surface area contributed by atoms with E-state index in [9.17, 15) is 5.11 Å². The van der Waals surface area contributed by atoms with Crippen LogP contribution in [0.3, 0.4) is 0 Å². The zero-order valence-corrected chi connectivity index (χ0v) is 42.6. The second kappa shape index (κ2) is 17.4. The average molecular weight is 942 g/mol. The van der Waals surface area contributed by atoms with Gasteiger partial charge in [0.05, 0.1) is 39.0 Å². The van der Waals surface area contributed by atoms with Crippen LogP contribution in [-0.2, 0) is 16.2 Å². The molecule has 0 saturated heterocycles. The number of imidazole rings is 1. The number of phenols is 1. The molecule has 0 atom stereocenters. The molecule has 11 rings (SSSR count). The molecule has 0 bridgehead atoms. The molecule has 0 aliphatic heterocycles. The smallest absolute Gasteiger partial charge is 0.149 e. The molecule has 72 heavy (non-hydrogen) atoms. The molecule has 3 heterocycles. The summed E-state index contributed by atoms with van der Waals surface area (Å²) in [7, 11) is 0. The van der Waals surface area contributed by atoms with Crippen LogP contribution in [0.15, 0.2) is 188 Å². The van der Waals surface area contributed by atoms with Crippen molar-refractivity contribution < 1.29 is 9.22 Å². The van der Waals surface area contributed by atoms with Gasteiger partial charge >= 0.3 is 0 Å². The van der Waals surface area contributed by atoms with Crippen LogP contribution in [0.2, 0.25) is 0 Å². The van der Waals surface area contributed by atoms with Gasteiger partial charge in [-0.1, -0.05) is 183 Å². The van der Waals surface area contributed by atoms with E-state index in [1.807, 2.05) is 30.5 Å². The Bertz CT molecular complexity index is 3980. The van der Waals surface area contributed by atoms with Gasteiger partial charge in [-0.25, -0.2) is 4.98 Å². The van der Waals surface area contributed by atoms with Crippen LogP contribution in [0.1, 0.15) is 88.7 Å². The minimum absolute atomic E-state index is 0.116. The predicted octanol–water partition coefficient (Wildman–Crippen LogP) is 17.8. The van der Waals surface area contributed by atoms with Gasteiger partial charge in [-0.05, 0) is 123 Å². The Labute approximate surface area is 428 Å². The topological polar surface area (TPSA) is 55.9 Å². The third-order valence-electron chi connectivity index (χ3n) is 14.2. The highest BCUT2D eigenvalue weighted by Crippen LogP contribution is 2.47. The van der Waals surface area contributed by atoms with E-state index in [4.69, 9.17) is 14.1 Å². The normalized spacial score (nSPS) is 13.2. The van der Waals surface area contributed by atoms with E-state index in [2.05, 4.69) is 217 Å². The van der Waals surface area contributed by atoms with E-state index in [0.717, 1.165) is 100.0 Å². The van der Waals surface area contributed by atoms with Crippen molar-refractivity contribution in [1.29, 1.82) is 0 Å². The predicted molar refractivity (Wildman–Crippen MR) is 303 cm³/mol. The molecule has 0 saturated carbocycles. The number of nitrogens with zero attached hydrogens (tertiary/aromatic N) is 4. The van der Waals surface area contributed by atoms with Crippen molar-refractivity contribution in [2.24, 2.45) is 0 Å². The summed E-state index contributed by atoms with van der Waals surface area (Å²) >= 11 is 0. The number of fused-ring (bicyclic) bond motifs is 4. The number of rotatable bonds is 7. The van der Waals surface area contributed by atoms with Crippen LogP contribution in [0, 0.1) is 6.85 Å². The molecule has 8 aromatic carbocycles. The SMILES string of the molecule is [2H]C([2H])([2H])c1ccc(-c2ccnc(-c3cc(-c4cccc5c4nc(-c4cc(C(C)(C)C)cc(C(C)(C)C)c4O)n5-c4ccc(C(C)(C)C)cc4-c4ccccc4)cc4c5ccccc5n(-c5ccccc5)c34)c2)cc1. The summed E-state index contributed by atoms with van der Waals surface area (Å²) in [6, 6.07) is 62.9. The Morgan fingerprint density at radius 3 is 1.86 bits per heavy atom. The Morgan fingerprint density at radius 1 is 0.472 bits per heavy atom. The maximum Gasteiger partial charge on any atom is 0.149 e. The van der Waals surface area contributed by atoms with Crippen molar-refractivity contribution in [3.05, 3.63) is 210 Å². The number of aromatic hydroxyl groups is 1. The van der Waals surface area contributed by atoms with Gasteiger partial charge in [-0.15, -0.1) is 0 Å². The molecule has 0 fully saturated rings. The lowest BCUT2D eigenvalue weighted by atomic mass is 9.79. The van der Waals surface area contributed by atoms with Gasteiger partial charge < -0.3 is 9.67 Å². The minimum atomic E-state index is -2.20. The van der Waals surface area contributed by atoms with Crippen molar-refractivity contribution >= 4 is 32.8 Å². The maximum atomic E-state index is 12.7. The highest BCUT2D eigenvalue weighted by Gasteiger charge is 2.30. The van der Waals surface area contributed by atoms with Gasteiger partial charge in [0.25, 0.3) is 0 Å². The summed E-state index contributed by atoms with van der Waals surface area (Å²) in [5, 5.41) is 14.9. The van der Waals surface area contributed by atoms with E-state index in [-0.39, 0.29) is 22.0 Å². The minimum Gasteiger partial charge on any atom is -0.507 e. The van der Waals surface area contributed by atoms with Crippen LogP contribution in [0.25, 0.3) is 100 Å². The van der Waals surface area contributed by atoms with Crippen LogP contribution in [0.5, 0.6) is 5.75 Å². The van der Waals surface area contributed by atoms with Crippen LogP contribution >= 0.6 is 0 Å². The third kappa shape index (κ3) is 8.17. The lowest BCUT2D eigenvalue weighted by Crippen LogP contribution is -2.17. The van der Waals surface area contributed by atoms with E-state index >= 15 is 0 Å². The summed E-state index contributed by atoms with van der Waals surface area (Å²) in [5.74, 6) is 0.866. The molecule has 0 aliphatic rings. The van der Waals surface area contributed by atoms with Crippen LogP contribution in [-0.4, -0.2) is 24.2 Å². The second-order valence-electron chi connectivity index (χ2n) is 22.3. The Balaban J connectivity index is 1.24. The molecular weight excluding hydrogens is 877 g/mol. The molecule has 0 aliphatic carbocycles. The van der Waals surface area contributed by atoms with Crippen molar-refractivity contribution in [2.45, 2.75) is 85.4 Å². The van der Waals surface area contributed by atoms with Gasteiger partial charge in [0.2, 0.25) is 0 Å². The number of phenolic OH excluding ortho intramolecular Hbond substituents is 1. The molecule has 0 amide bonds. The number of pyridine rings is 1. The Morgan fingerprint density at radius 2 is 1.15 bits per heavy atom. The number of hydrogen-bond acceptors (Lipinski definition) is 3. The monoisotopic (exact) mass is 942 g/mol. The number of benzene rings is 8. The lowest BCUT2D eigenvalue weighted by molar-refractivity contribution is 0.446. The number of hydrogen-bond donors (Lipinski definition) is 1. The summed E-state index contributed by atoms with van der Waals surface area (Å²) in [6.07, 6.45) is 1.84. The zero-order valence-electron chi connectivity index (χ0n) is 45.6. The molecule has 5 nitrogen and oxygen atoms in total. The molecule has 1 N–H and O–H groups in total. The van der Waals surface area contributed by atoms with Crippen LogP contribution < -0.4 is 0 Å². The summed E-state index contributed by atoms with van der Waals surface area (Å²) in [4.78, 5) is 10.9.